The van der Waals surface area contributed by atoms with Gasteiger partial charge in [0.1, 0.15) is 23.4 Å². The highest BCUT2D eigenvalue weighted by Crippen LogP contribution is 2.23. The molecule has 0 amide bonds. The van der Waals surface area contributed by atoms with Crippen LogP contribution in [0.5, 0.6) is 11.5 Å². The van der Waals surface area contributed by atoms with Gasteiger partial charge in [0.25, 0.3) is 0 Å². The molecule has 5 heteroatoms. The Kier molecular flexibility index (Phi) is 5.73. The highest BCUT2D eigenvalue weighted by Gasteiger charge is 2.21. The SMILES string of the molecule is N=C(c1ccc(Oc2ccccc2)cc1)c1cncnc1[NH2+]C1CCCCC1. The fourth-order valence-corrected chi connectivity index (χ4v) is 3.66. The van der Waals surface area contributed by atoms with Gasteiger partial charge in [-0.25, -0.2) is 4.98 Å². The van der Waals surface area contributed by atoms with Crippen LogP contribution in [0.3, 0.4) is 0 Å². The molecular formula is C23H25N4O+. The van der Waals surface area contributed by atoms with Crippen LogP contribution in [0.15, 0.2) is 67.1 Å². The zero-order chi connectivity index (χ0) is 19.2. The molecule has 0 spiro atoms. The zero-order valence-corrected chi connectivity index (χ0v) is 15.8. The minimum Gasteiger partial charge on any atom is -0.457 e. The van der Waals surface area contributed by atoms with Crippen LogP contribution < -0.4 is 10.1 Å². The molecule has 4 rings (SSSR count). The molecule has 0 atom stereocenters. The predicted molar refractivity (Wildman–Crippen MR) is 109 cm³/mol. The summed E-state index contributed by atoms with van der Waals surface area (Å²) >= 11 is 0. The van der Waals surface area contributed by atoms with Crippen molar-refractivity contribution < 1.29 is 10.1 Å². The van der Waals surface area contributed by atoms with Gasteiger partial charge in [0.05, 0.1) is 11.8 Å². The number of para-hydroxylation sites is 1. The van der Waals surface area contributed by atoms with E-state index in [1.165, 1.54) is 32.1 Å². The summed E-state index contributed by atoms with van der Waals surface area (Å²) in [5, 5.41) is 10.9. The maximum atomic E-state index is 8.68. The molecule has 1 fully saturated rings. The van der Waals surface area contributed by atoms with E-state index in [9.17, 15) is 0 Å². The Morgan fingerprint density at radius 3 is 2.39 bits per heavy atom. The smallest absolute Gasteiger partial charge is 0.237 e. The summed E-state index contributed by atoms with van der Waals surface area (Å²) in [4.78, 5) is 8.62. The molecule has 0 unspecified atom stereocenters. The predicted octanol–water partition coefficient (Wildman–Crippen LogP) is 4.21. The van der Waals surface area contributed by atoms with E-state index in [2.05, 4.69) is 15.3 Å². The van der Waals surface area contributed by atoms with Gasteiger partial charge in [-0.3, -0.25) is 10.7 Å². The second-order valence-corrected chi connectivity index (χ2v) is 7.20. The number of aromatic nitrogens is 2. The number of hydrogen-bond donors (Lipinski definition) is 2. The van der Waals surface area contributed by atoms with Crippen molar-refractivity contribution in [3.05, 3.63) is 78.2 Å². The number of nitrogens with zero attached hydrogens (tertiary/aromatic N) is 2. The number of nitrogens with one attached hydrogen (secondary N) is 1. The number of ether oxygens (including phenoxy) is 1. The van der Waals surface area contributed by atoms with Gasteiger partial charge in [0.15, 0.2) is 0 Å². The third-order valence-electron chi connectivity index (χ3n) is 5.18. The van der Waals surface area contributed by atoms with Crippen molar-refractivity contribution in [3.63, 3.8) is 0 Å². The van der Waals surface area contributed by atoms with Crippen molar-refractivity contribution in [2.75, 3.05) is 0 Å². The average Bonchev–Trinajstić information content (AvgIpc) is 2.76. The maximum Gasteiger partial charge on any atom is 0.237 e. The molecule has 1 aromatic heterocycles. The first-order valence-electron chi connectivity index (χ1n) is 9.87. The van der Waals surface area contributed by atoms with Crippen LogP contribution in [0.2, 0.25) is 0 Å². The second kappa shape index (κ2) is 8.76. The van der Waals surface area contributed by atoms with E-state index in [1.807, 2.05) is 54.6 Å². The molecule has 1 aliphatic rings. The highest BCUT2D eigenvalue weighted by atomic mass is 16.5. The summed E-state index contributed by atoms with van der Waals surface area (Å²) in [5.74, 6) is 2.42. The molecule has 0 radical (unpaired) electrons. The van der Waals surface area contributed by atoms with Gasteiger partial charge in [-0.15, -0.1) is 0 Å². The lowest BCUT2D eigenvalue weighted by molar-refractivity contribution is -0.617. The summed E-state index contributed by atoms with van der Waals surface area (Å²) in [6.45, 7) is 0. The topological polar surface area (TPSA) is 75.5 Å². The van der Waals surface area contributed by atoms with Gasteiger partial charge in [-0.1, -0.05) is 24.6 Å². The maximum absolute atomic E-state index is 8.68. The lowest BCUT2D eigenvalue weighted by atomic mass is 9.95. The van der Waals surface area contributed by atoms with Gasteiger partial charge in [-0.05, 0) is 62.1 Å². The molecule has 0 aliphatic heterocycles. The number of quaternary nitrogens is 1. The summed E-state index contributed by atoms with van der Waals surface area (Å²) in [5.41, 5.74) is 2.05. The lowest BCUT2D eigenvalue weighted by Gasteiger charge is -2.20. The third kappa shape index (κ3) is 4.43. The van der Waals surface area contributed by atoms with Gasteiger partial charge >= 0.3 is 0 Å². The molecule has 1 saturated carbocycles. The molecule has 28 heavy (non-hydrogen) atoms. The number of rotatable bonds is 6. The van der Waals surface area contributed by atoms with E-state index in [-0.39, 0.29) is 0 Å². The third-order valence-corrected chi connectivity index (χ3v) is 5.18. The van der Waals surface area contributed by atoms with Crippen molar-refractivity contribution in [2.24, 2.45) is 0 Å². The molecule has 1 aliphatic carbocycles. The van der Waals surface area contributed by atoms with Crippen molar-refractivity contribution in [3.8, 4) is 11.5 Å². The Labute approximate surface area is 165 Å². The van der Waals surface area contributed by atoms with Crippen molar-refractivity contribution in [1.82, 2.24) is 9.97 Å². The molecule has 3 N–H and O–H groups in total. The molecule has 1 heterocycles. The molecule has 0 saturated heterocycles. The van der Waals surface area contributed by atoms with E-state index >= 15 is 0 Å². The summed E-state index contributed by atoms with van der Waals surface area (Å²) < 4.78 is 5.84. The standard InChI is InChI=1S/C23H24N4O/c24-22(17-11-13-20(14-12-17)28-19-9-5-2-6-10-19)21-15-25-16-26-23(21)27-18-7-3-1-4-8-18/h2,5-6,9-16,18,24H,1,3-4,7-8H2,(H,25,26,27)/p+1. The van der Waals surface area contributed by atoms with Crippen LogP contribution in [0.4, 0.5) is 5.82 Å². The van der Waals surface area contributed by atoms with Crippen LogP contribution in [0.1, 0.15) is 43.2 Å². The van der Waals surface area contributed by atoms with E-state index in [1.54, 1.807) is 12.5 Å². The summed E-state index contributed by atoms with van der Waals surface area (Å²) in [6.07, 6.45) is 9.63. The fraction of sp³-hybridized carbons (Fsp3) is 0.261. The fourth-order valence-electron chi connectivity index (χ4n) is 3.66. The first kappa shape index (κ1) is 18.3. The first-order valence-corrected chi connectivity index (χ1v) is 9.87. The Bertz CT molecular complexity index is 919. The van der Waals surface area contributed by atoms with Gasteiger partial charge in [0, 0.05) is 11.8 Å². The van der Waals surface area contributed by atoms with Crippen LogP contribution in [-0.2, 0) is 0 Å². The zero-order valence-electron chi connectivity index (χ0n) is 15.8. The molecule has 142 valence electrons. The average molecular weight is 373 g/mol. The Morgan fingerprint density at radius 2 is 1.64 bits per heavy atom. The molecule has 5 nitrogen and oxygen atoms in total. The minimum absolute atomic E-state index is 0.439. The van der Waals surface area contributed by atoms with E-state index in [0.717, 1.165) is 28.4 Å². The van der Waals surface area contributed by atoms with Crippen LogP contribution in [0, 0.1) is 5.41 Å². The minimum atomic E-state index is 0.439. The normalized spacial score (nSPS) is 14.6. The van der Waals surface area contributed by atoms with Gasteiger partial charge in [-0.2, -0.15) is 4.98 Å². The summed E-state index contributed by atoms with van der Waals surface area (Å²) in [7, 11) is 0. The Morgan fingerprint density at radius 1 is 0.929 bits per heavy atom. The Balaban J connectivity index is 1.49. The van der Waals surface area contributed by atoms with E-state index in [4.69, 9.17) is 10.1 Å². The van der Waals surface area contributed by atoms with Crippen molar-refractivity contribution in [1.29, 1.82) is 5.41 Å². The van der Waals surface area contributed by atoms with Crippen molar-refractivity contribution >= 4 is 11.5 Å². The van der Waals surface area contributed by atoms with Crippen LogP contribution in [0.25, 0.3) is 0 Å². The lowest BCUT2D eigenvalue weighted by Crippen LogP contribution is -2.85. The number of hydrogen-bond acceptors (Lipinski definition) is 4. The Hall–Kier alpha value is -3.05. The van der Waals surface area contributed by atoms with E-state index < -0.39 is 0 Å². The number of benzene rings is 2. The van der Waals surface area contributed by atoms with Crippen LogP contribution >= 0.6 is 0 Å². The van der Waals surface area contributed by atoms with E-state index in [0.29, 0.717) is 11.8 Å². The number of nitrogens with two attached hydrogens (primary N) is 1. The molecular weight excluding hydrogens is 348 g/mol. The monoisotopic (exact) mass is 373 g/mol. The van der Waals surface area contributed by atoms with Gasteiger partial charge < -0.3 is 4.74 Å². The molecule has 3 aromatic rings. The quantitative estimate of drug-likeness (QED) is 0.636. The first-order chi connectivity index (χ1) is 13.8. The van der Waals surface area contributed by atoms with Gasteiger partial charge in [0.2, 0.25) is 5.82 Å². The molecule has 2 aromatic carbocycles. The largest absolute Gasteiger partial charge is 0.457 e. The highest BCUT2D eigenvalue weighted by molar-refractivity contribution is 6.12. The summed E-state index contributed by atoms with van der Waals surface area (Å²) in [6, 6.07) is 17.9. The molecule has 0 bridgehead atoms. The second-order valence-electron chi connectivity index (χ2n) is 7.20. The van der Waals surface area contributed by atoms with Crippen molar-refractivity contribution in [2.45, 2.75) is 38.1 Å². The van der Waals surface area contributed by atoms with Crippen LogP contribution in [-0.4, -0.2) is 21.7 Å².